The Morgan fingerprint density at radius 1 is 1.62 bits per heavy atom. The zero-order valence-corrected chi connectivity index (χ0v) is 7.03. The van der Waals surface area contributed by atoms with Crippen LogP contribution in [0.3, 0.4) is 0 Å². The molecule has 0 heterocycles. The predicted molar refractivity (Wildman–Crippen MR) is 47.1 cm³/mol. The van der Waals surface area contributed by atoms with E-state index in [0.717, 1.165) is 0 Å². The number of phenolic OH excluding ortho intramolecular Hbond substituents is 1. The second kappa shape index (κ2) is 3.59. The number of para-hydroxylation sites is 1. The lowest BCUT2D eigenvalue weighted by atomic mass is 10.2. The number of benzene rings is 1. The summed E-state index contributed by atoms with van der Waals surface area (Å²) in [6, 6.07) is 6.34. The standard InChI is InChI=1S/C9H8N2O2/c1-6(12)11-9-7(5-10)3-2-4-8(9)13/h2-4,13H,1H3,(H,11,12). The van der Waals surface area contributed by atoms with Gasteiger partial charge in [0.1, 0.15) is 17.5 Å². The van der Waals surface area contributed by atoms with Crippen molar-refractivity contribution in [3.05, 3.63) is 23.8 Å². The van der Waals surface area contributed by atoms with E-state index in [-0.39, 0.29) is 22.9 Å². The van der Waals surface area contributed by atoms with Crippen LogP contribution in [0.4, 0.5) is 5.69 Å². The zero-order valence-electron chi connectivity index (χ0n) is 7.03. The number of carbonyl (C=O) groups excluding carboxylic acids is 1. The Kier molecular flexibility index (Phi) is 2.50. The van der Waals surface area contributed by atoms with Crippen molar-refractivity contribution in [1.82, 2.24) is 0 Å². The highest BCUT2D eigenvalue weighted by atomic mass is 16.3. The largest absolute Gasteiger partial charge is 0.506 e. The van der Waals surface area contributed by atoms with Gasteiger partial charge in [0.25, 0.3) is 0 Å². The number of hydrogen-bond donors (Lipinski definition) is 2. The summed E-state index contributed by atoms with van der Waals surface area (Å²) in [5.41, 5.74) is 0.410. The van der Waals surface area contributed by atoms with Crippen LogP contribution in [0.1, 0.15) is 12.5 Å². The topological polar surface area (TPSA) is 73.1 Å². The summed E-state index contributed by atoms with van der Waals surface area (Å²) in [7, 11) is 0. The predicted octanol–water partition coefficient (Wildman–Crippen LogP) is 1.22. The Bertz CT molecular complexity index is 380. The minimum atomic E-state index is -0.321. The molecule has 0 radical (unpaired) electrons. The molecule has 13 heavy (non-hydrogen) atoms. The number of aromatic hydroxyl groups is 1. The summed E-state index contributed by atoms with van der Waals surface area (Å²) in [5.74, 6) is -0.424. The molecule has 2 N–H and O–H groups in total. The summed E-state index contributed by atoms with van der Waals surface area (Å²) in [6.07, 6.45) is 0. The van der Waals surface area contributed by atoms with Gasteiger partial charge in [0.2, 0.25) is 5.91 Å². The molecule has 0 saturated carbocycles. The average Bonchev–Trinajstić information content (AvgIpc) is 2.08. The normalized spacial score (nSPS) is 8.92. The van der Waals surface area contributed by atoms with Crippen molar-refractivity contribution >= 4 is 11.6 Å². The van der Waals surface area contributed by atoms with Gasteiger partial charge in [-0.2, -0.15) is 5.26 Å². The Hall–Kier alpha value is -2.02. The fourth-order valence-corrected chi connectivity index (χ4v) is 0.941. The monoisotopic (exact) mass is 176 g/mol. The lowest BCUT2D eigenvalue weighted by Gasteiger charge is -2.05. The number of nitrogens with one attached hydrogen (secondary N) is 1. The SMILES string of the molecule is CC(=O)Nc1c(O)cccc1C#N. The maximum atomic E-state index is 10.7. The zero-order chi connectivity index (χ0) is 9.84. The second-order valence-electron chi connectivity index (χ2n) is 2.49. The number of rotatable bonds is 1. The molecule has 1 aromatic rings. The highest BCUT2D eigenvalue weighted by Gasteiger charge is 2.07. The van der Waals surface area contributed by atoms with Crippen LogP contribution in [0.25, 0.3) is 0 Å². The van der Waals surface area contributed by atoms with Gasteiger partial charge in [-0.15, -0.1) is 0 Å². The summed E-state index contributed by atoms with van der Waals surface area (Å²) < 4.78 is 0. The lowest BCUT2D eigenvalue weighted by molar-refractivity contribution is -0.114. The fraction of sp³-hybridized carbons (Fsp3) is 0.111. The van der Waals surface area contributed by atoms with Crippen LogP contribution in [0.2, 0.25) is 0 Å². The van der Waals surface area contributed by atoms with Crippen molar-refractivity contribution in [2.24, 2.45) is 0 Å². The van der Waals surface area contributed by atoms with E-state index in [2.05, 4.69) is 5.32 Å². The molecular formula is C9H8N2O2. The molecule has 0 bridgehead atoms. The van der Waals surface area contributed by atoms with E-state index in [1.165, 1.54) is 19.1 Å². The minimum absolute atomic E-state index is 0.103. The van der Waals surface area contributed by atoms with Crippen LogP contribution in [-0.4, -0.2) is 11.0 Å². The molecule has 0 atom stereocenters. The maximum Gasteiger partial charge on any atom is 0.221 e. The number of anilines is 1. The molecule has 1 aromatic carbocycles. The molecule has 0 fully saturated rings. The number of hydrogen-bond acceptors (Lipinski definition) is 3. The smallest absolute Gasteiger partial charge is 0.221 e. The Balaban J connectivity index is 3.17. The van der Waals surface area contributed by atoms with Crippen molar-refractivity contribution in [3.8, 4) is 11.8 Å². The van der Waals surface area contributed by atoms with Crippen LogP contribution in [0.5, 0.6) is 5.75 Å². The van der Waals surface area contributed by atoms with E-state index >= 15 is 0 Å². The summed E-state index contributed by atoms with van der Waals surface area (Å²) in [5, 5.41) is 20.3. The molecule has 0 spiro atoms. The van der Waals surface area contributed by atoms with Crippen molar-refractivity contribution in [2.75, 3.05) is 5.32 Å². The van der Waals surface area contributed by atoms with Crippen molar-refractivity contribution in [1.29, 1.82) is 5.26 Å². The highest BCUT2D eigenvalue weighted by molar-refractivity contribution is 5.92. The van der Waals surface area contributed by atoms with E-state index in [9.17, 15) is 9.90 Å². The number of nitrogens with zero attached hydrogens (tertiary/aromatic N) is 1. The van der Waals surface area contributed by atoms with Gasteiger partial charge < -0.3 is 10.4 Å². The van der Waals surface area contributed by atoms with Gasteiger partial charge in [0.05, 0.1) is 5.56 Å². The van der Waals surface area contributed by atoms with E-state index in [1.807, 2.05) is 6.07 Å². The number of amides is 1. The first-order chi connectivity index (χ1) is 6.15. The minimum Gasteiger partial charge on any atom is -0.506 e. The Morgan fingerprint density at radius 3 is 2.85 bits per heavy atom. The van der Waals surface area contributed by atoms with Gasteiger partial charge in [-0.1, -0.05) is 6.07 Å². The number of nitriles is 1. The first-order valence-corrected chi connectivity index (χ1v) is 3.65. The molecule has 0 unspecified atom stereocenters. The summed E-state index contributed by atoms with van der Waals surface area (Å²) in [4.78, 5) is 10.7. The van der Waals surface area contributed by atoms with Gasteiger partial charge >= 0.3 is 0 Å². The third-order valence-electron chi connectivity index (χ3n) is 1.46. The van der Waals surface area contributed by atoms with Crippen LogP contribution in [0, 0.1) is 11.3 Å². The summed E-state index contributed by atoms with van der Waals surface area (Å²) in [6.45, 7) is 1.31. The van der Waals surface area contributed by atoms with Crippen LogP contribution >= 0.6 is 0 Å². The van der Waals surface area contributed by atoms with E-state index < -0.39 is 0 Å². The number of phenols is 1. The highest BCUT2D eigenvalue weighted by Crippen LogP contribution is 2.26. The van der Waals surface area contributed by atoms with Gasteiger partial charge in [0, 0.05) is 6.92 Å². The molecule has 0 aromatic heterocycles. The van der Waals surface area contributed by atoms with Crippen molar-refractivity contribution < 1.29 is 9.90 Å². The van der Waals surface area contributed by atoms with E-state index in [1.54, 1.807) is 6.07 Å². The average molecular weight is 176 g/mol. The van der Waals surface area contributed by atoms with Crippen LogP contribution in [-0.2, 0) is 4.79 Å². The third-order valence-corrected chi connectivity index (χ3v) is 1.46. The molecule has 0 saturated heterocycles. The molecule has 0 aliphatic rings. The van der Waals surface area contributed by atoms with Gasteiger partial charge in [-0.3, -0.25) is 4.79 Å². The molecule has 0 aliphatic carbocycles. The van der Waals surface area contributed by atoms with Gasteiger partial charge in [-0.25, -0.2) is 0 Å². The van der Waals surface area contributed by atoms with Crippen molar-refractivity contribution in [2.45, 2.75) is 6.92 Å². The van der Waals surface area contributed by atoms with Crippen LogP contribution < -0.4 is 5.32 Å². The quantitative estimate of drug-likeness (QED) is 0.632. The number of carbonyl (C=O) groups is 1. The lowest BCUT2D eigenvalue weighted by Crippen LogP contribution is -2.07. The first-order valence-electron chi connectivity index (χ1n) is 3.65. The second-order valence-corrected chi connectivity index (χ2v) is 2.49. The Morgan fingerprint density at radius 2 is 2.31 bits per heavy atom. The van der Waals surface area contributed by atoms with E-state index in [0.29, 0.717) is 0 Å². The van der Waals surface area contributed by atoms with Gasteiger partial charge in [0.15, 0.2) is 0 Å². The molecule has 4 nitrogen and oxygen atoms in total. The molecule has 4 heteroatoms. The Labute approximate surface area is 75.4 Å². The van der Waals surface area contributed by atoms with Crippen molar-refractivity contribution in [3.63, 3.8) is 0 Å². The van der Waals surface area contributed by atoms with Crippen LogP contribution in [0.15, 0.2) is 18.2 Å². The summed E-state index contributed by atoms with van der Waals surface area (Å²) >= 11 is 0. The fourth-order valence-electron chi connectivity index (χ4n) is 0.941. The molecule has 1 rings (SSSR count). The molecule has 0 aliphatic heterocycles. The first kappa shape index (κ1) is 9.07. The van der Waals surface area contributed by atoms with Gasteiger partial charge in [-0.05, 0) is 12.1 Å². The van der Waals surface area contributed by atoms with E-state index in [4.69, 9.17) is 5.26 Å². The molecular weight excluding hydrogens is 168 g/mol. The molecule has 66 valence electrons. The molecule has 1 amide bonds. The third kappa shape index (κ3) is 1.97. The maximum absolute atomic E-state index is 10.7.